The van der Waals surface area contributed by atoms with E-state index in [2.05, 4.69) is 69.9 Å². The number of imidazole rings is 1. The molecule has 4 aromatic rings. The Labute approximate surface area is 218 Å². The summed E-state index contributed by atoms with van der Waals surface area (Å²) in [4.78, 5) is 17.0. The highest BCUT2D eigenvalue weighted by molar-refractivity contribution is 5.83. The average Bonchev–Trinajstić information content (AvgIpc) is 3.30. The van der Waals surface area contributed by atoms with E-state index in [-0.39, 0.29) is 0 Å². The molecule has 1 fully saturated rings. The van der Waals surface area contributed by atoms with Crippen LogP contribution in [0.15, 0.2) is 66.9 Å². The molecule has 1 saturated heterocycles. The van der Waals surface area contributed by atoms with E-state index >= 15 is 0 Å². The van der Waals surface area contributed by atoms with Gasteiger partial charge in [0.2, 0.25) is 0 Å². The Bertz CT molecular complexity index is 1410. The number of rotatable bonds is 5. The van der Waals surface area contributed by atoms with E-state index in [1.807, 2.05) is 12.1 Å². The van der Waals surface area contributed by atoms with Gasteiger partial charge in [-0.2, -0.15) is 0 Å². The number of benzene rings is 1. The van der Waals surface area contributed by atoms with Crippen molar-refractivity contribution in [3.8, 4) is 17.1 Å². The second-order valence-corrected chi connectivity index (χ2v) is 10.6. The number of anilines is 1. The van der Waals surface area contributed by atoms with Gasteiger partial charge in [-0.05, 0) is 86.7 Å². The van der Waals surface area contributed by atoms with Crippen LogP contribution in [0.3, 0.4) is 0 Å². The van der Waals surface area contributed by atoms with Crippen molar-refractivity contribution in [1.29, 1.82) is 0 Å². The lowest BCUT2D eigenvalue weighted by molar-refractivity contribution is 0.205. The highest BCUT2D eigenvalue weighted by Gasteiger charge is 2.22. The summed E-state index contributed by atoms with van der Waals surface area (Å²) >= 11 is 0. The van der Waals surface area contributed by atoms with Crippen molar-refractivity contribution in [3.05, 3.63) is 78.1 Å². The summed E-state index contributed by atoms with van der Waals surface area (Å²) < 4.78 is 2.13. The molecule has 0 saturated carbocycles. The highest BCUT2D eigenvalue weighted by atomic mass is 15.1. The third-order valence-electron chi connectivity index (χ3n) is 7.82. The Morgan fingerprint density at radius 1 is 0.919 bits per heavy atom. The number of hydrogen-bond donors (Lipinski definition) is 2. The van der Waals surface area contributed by atoms with Crippen molar-refractivity contribution >= 4 is 17.0 Å². The van der Waals surface area contributed by atoms with Crippen LogP contribution in [0, 0.1) is 5.92 Å². The van der Waals surface area contributed by atoms with E-state index in [0.717, 1.165) is 72.8 Å². The van der Waals surface area contributed by atoms with Crippen LogP contribution >= 0.6 is 0 Å². The van der Waals surface area contributed by atoms with E-state index in [1.54, 1.807) is 6.20 Å². The zero-order valence-corrected chi connectivity index (χ0v) is 21.4. The smallest absolute Gasteiger partial charge is 0.165 e. The molecule has 0 amide bonds. The van der Waals surface area contributed by atoms with Crippen LogP contribution in [0.5, 0.6) is 0 Å². The fraction of sp³-hybridized carbons (Fsp3) is 0.367. The number of aromatic nitrogens is 4. The Morgan fingerprint density at radius 2 is 1.73 bits per heavy atom. The number of nitrogens with zero attached hydrogens (tertiary/aromatic N) is 5. The molecule has 0 radical (unpaired) electrons. The quantitative estimate of drug-likeness (QED) is 0.377. The van der Waals surface area contributed by atoms with Crippen LogP contribution in [0.4, 0.5) is 5.82 Å². The maximum atomic E-state index is 6.31. The minimum atomic E-state index is 0.330. The molecule has 4 N–H and O–H groups in total. The molecule has 1 aliphatic carbocycles. The molecule has 7 nitrogen and oxygen atoms in total. The number of pyridine rings is 2. The molecule has 0 spiro atoms. The van der Waals surface area contributed by atoms with E-state index < -0.39 is 0 Å². The third-order valence-corrected chi connectivity index (χ3v) is 7.82. The van der Waals surface area contributed by atoms with Gasteiger partial charge in [0.15, 0.2) is 11.5 Å². The Hall–Kier alpha value is -3.55. The number of nitrogen functional groups attached to an aromatic ring is 1. The molecule has 1 aliphatic heterocycles. The van der Waals surface area contributed by atoms with Gasteiger partial charge in [-0.15, -0.1) is 0 Å². The monoisotopic (exact) mass is 493 g/mol. The number of fused-ring (bicyclic) bond motifs is 1. The minimum absolute atomic E-state index is 0.330. The van der Waals surface area contributed by atoms with Crippen molar-refractivity contribution in [2.75, 3.05) is 18.8 Å². The third kappa shape index (κ3) is 4.89. The number of piperidine rings is 1. The zero-order chi connectivity index (χ0) is 25.4. The van der Waals surface area contributed by atoms with Gasteiger partial charge < -0.3 is 11.5 Å². The van der Waals surface area contributed by atoms with Crippen molar-refractivity contribution in [1.82, 2.24) is 24.4 Å². The lowest BCUT2D eigenvalue weighted by Crippen LogP contribution is -2.39. The van der Waals surface area contributed by atoms with Crippen molar-refractivity contribution in [3.63, 3.8) is 0 Å². The topological polar surface area (TPSA) is 98.9 Å². The number of nitrogens with two attached hydrogens (primary N) is 2. The Balaban J connectivity index is 1.40. The molecule has 4 heterocycles. The maximum Gasteiger partial charge on any atom is 0.165 e. The second kappa shape index (κ2) is 10.1. The SMILES string of the molecule is CC1C=CC(c2ccc3nc(-c4cccnc4N)n(-c4ccc(CN5CCC(N)CC5)cc4)c3n2)CC1. The molecular formula is C30H35N7. The van der Waals surface area contributed by atoms with Gasteiger partial charge in [0.25, 0.3) is 0 Å². The van der Waals surface area contributed by atoms with Gasteiger partial charge >= 0.3 is 0 Å². The van der Waals surface area contributed by atoms with Gasteiger partial charge in [-0.25, -0.2) is 15.0 Å². The first-order chi connectivity index (χ1) is 18.0. The highest BCUT2D eigenvalue weighted by Crippen LogP contribution is 2.34. The van der Waals surface area contributed by atoms with Gasteiger partial charge in [-0.3, -0.25) is 9.47 Å². The fourth-order valence-electron chi connectivity index (χ4n) is 5.54. The van der Waals surface area contributed by atoms with Crippen LogP contribution < -0.4 is 11.5 Å². The van der Waals surface area contributed by atoms with Crippen LogP contribution in [0.2, 0.25) is 0 Å². The standard InChI is InChI=1S/C30H35N7/c1-20-4-8-22(9-5-20)26-12-13-27-30(34-26)37(29(35-27)25-3-2-16-33-28(25)32)24-10-6-21(7-11-24)19-36-17-14-23(31)15-18-36/h2-4,6-8,10-13,16,20,22-23H,5,9,14-15,17-19,31H2,1H3,(H2,32,33). The number of allylic oxidation sites excluding steroid dienone is 2. The summed E-state index contributed by atoms with van der Waals surface area (Å²) in [7, 11) is 0. The van der Waals surface area contributed by atoms with Crippen LogP contribution in [-0.2, 0) is 6.54 Å². The molecule has 37 heavy (non-hydrogen) atoms. The van der Waals surface area contributed by atoms with Crippen molar-refractivity contribution < 1.29 is 0 Å². The molecule has 7 heteroatoms. The average molecular weight is 494 g/mol. The summed E-state index contributed by atoms with van der Waals surface area (Å²) in [5, 5.41) is 0. The van der Waals surface area contributed by atoms with Gasteiger partial charge in [0.1, 0.15) is 11.3 Å². The molecule has 0 bridgehead atoms. The molecule has 2 aliphatic rings. The maximum absolute atomic E-state index is 6.31. The summed E-state index contributed by atoms with van der Waals surface area (Å²) in [6.45, 7) is 5.32. The first-order valence-corrected chi connectivity index (χ1v) is 13.4. The fourth-order valence-corrected chi connectivity index (χ4v) is 5.54. The Morgan fingerprint density at radius 3 is 2.46 bits per heavy atom. The van der Waals surface area contributed by atoms with Gasteiger partial charge in [0.05, 0.1) is 5.56 Å². The van der Waals surface area contributed by atoms with Crippen LogP contribution in [0.25, 0.3) is 28.2 Å². The number of hydrogen-bond acceptors (Lipinski definition) is 6. The molecule has 190 valence electrons. The van der Waals surface area contributed by atoms with E-state index in [4.69, 9.17) is 21.4 Å². The van der Waals surface area contributed by atoms with Crippen LogP contribution in [-0.4, -0.2) is 43.6 Å². The minimum Gasteiger partial charge on any atom is -0.383 e. The first-order valence-electron chi connectivity index (χ1n) is 13.4. The number of likely N-dealkylation sites (tertiary alicyclic amines) is 1. The van der Waals surface area contributed by atoms with Crippen molar-refractivity contribution in [2.24, 2.45) is 11.7 Å². The predicted molar refractivity (Wildman–Crippen MR) is 149 cm³/mol. The Kier molecular flexibility index (Phi) is 6.49. The molecule has 6 rings (SSSR count). The lowest BCUT2D eigenvalue weighted by atomic mass is 9.87. The lowest BCUT2D eigenvalue weighted by Gasteiger charge is -2.30. The van der Waals surface area contributed by atoms with E-state index in [0.29, 0.717) is 23.7 Å². The predicted octanol–water partition coefficient (Wildman–Crippen LogP) is 5.06. The van der Waals surface area contributed by atoms with Gasteiger partial charge in [0, 0.05) is 36.1 Å². The summed E-state index contributed by atoms with van der Waals surface area (Å²) in [5.74, 6) is 2.18. The normalized spacial score (nSPS) is 21.0. The second-order valence-electron chi connectivity index (χ2n) is 10.6. The summed E-state index contributed by atoms with van der Waals surface area (Å²) in [5.41, 5.74) is 18.3. The largest absolute Gasteiger partial charge is 0.383 e. The van der Waals surface area contributed by atoms with Crippen LogP contribution in [0.1, 0.15) is 49.8 Å². The first kappa shape index (κ1) is 23.8. The van der Waals surface area contributed by atoms with E-state index in [9.17, 15) is 0 Å². The molecule has 3 aromatic heterocycles. The summed E-state index contributed by atoms with van der Waals surface area (Å²) in [6, 6.07) is 17.2. The molecule has 1 aromatic carbocycles. The molecule has 2 atom stereocenters. The summed E-state index contributed by atoms with van der Waals surface area (Å²) in [6.07, 6.45) is 10.8. The molecule has 2 unspecified atom stereocenters. The van der Waals surface area contributed by atoms with Gasteiger partial charge in [-0.1, -0.05) is 31.2 Å². The van der Waals surface area contributed by atoms with Crippen molar-refractivity contribution in [2.45, 2.75) is 51.1 Å². The van der Waals surface area contributed by atoms with E-state index in [1.165, 1.54) is 12.0 Å². The zero-order valence-electron chi connectivity index (χ0n) is 21.4. The molecular weight excluding hydrogens is 458 g/mol.